The van der Waals surface area contributed by atoms with E-state index in [0.717, 1.165) is 0 Å². The monoisotopic (exact) mass is 165 g/mol. The molecule has 0 aromatic carbocycles. The van der Waals surface area contributed by atoms with Crippen molar-refractivity contribution in [1.29, 1.82) is 0 Å². The molecule has 0 radical (unpaired) electrons. The molecule has 0 aliphatic rings. The Bertz CT molecular complexity index is 4.14. The zero-order valence-corrected chi connectivity index (χ0v) is 4.25. The Hall–Kier alpha value is 0.254. The summed E-state index contributed by atoms with van der Waals surface area (Å²) in [5, 5.41) is 0. The largest absolute Gasteiger partial charge is 2.00 e. The van der Waals surface area contributed by atoms with Crippen molar-refractivity contribution in [2.75, 3.05) is 0 Å². The Morgan fingerprint density at radius 3 is 0.429 bits per heavy atom. The number of rotatable bonds is 0. The summed E-state index contributed by atoms with van der Waals surface area (Å²) in [6.07, 6.45) is 0. The first-order valence-electron chi connectivity index (χ1n) is 0. The van der Waals surface area contributed by atoms with Gasteiger partial charge in [-0.2, -0.15) is 0 Å². The van der Waals surface area contributed by atoms with Crippen molar-refractivity contribution in [1.82, 2.24) is 0 Å². The van der Waals surface area contributed by atoms with Crippen LogP contribution in [0.1, 0.15) is 0 Å². The molecule has 0 aromatic rings. The molecule has 0 aliphatic carbocycles. The summed E-state index contributed by atoms with van der Waals surface area (Å²) in [6.45, 7) is 0. The van der Waals surface area contributed by atoms with E-state index in [1.54, 1.807) is 0 Å². The number of hydrogen-bond acceptors (Lipinski definition) is 1. The van der Waals surface area contributed by atoms with Crippen molar-refractivity contribution >= 4 is 0 Å². The van der Waals surface area contributed by atoms with Crippen LogP contribution in [0.25, 0.3) is 0 Å². The molecule has 0 atom stereocenters. The molecule has 0 heterocycles. The van der Waals surface area contributed by atoms with Gasteiger partial charge in [-0.25, -0.2) is 0 Å². The molecular weight excluding hydrogens is 155 g/mol. The second-order valence-electron chi connectivity index (χ2n) is 0. The van der Waals surface area contributed by atoms with Gasteiger partial charge in [0.05, 0.1) is 0 Å². The van der Waals surface area contributed by atoms with Crippen molar-refractivity contribution in [2.45, 2.75) is 0 Å². The molecule has 0 saturated heterocycles. The van der Waals surface area contributed by atoms with Crippen LogP contribution in [0.5, 0.6) is 0 Å². The summed E-state index contributed by atoms with van der Waals surface area (Å²) < 4.78 is 0. The Morgan fingerprint density at radius 2 is 0.429 bits per heavy atom. The van der Waals surface area contributed by atoms with Crippen molar-refractivity contribution in [3.05, 3.63) is 0 Å². The molecule has 6 nitrogen and oxygen atoms in total. The standard InChI is InChI=1S/Ni.6H2O/h;6*1H2/q+2;;;;;;/p-1. The molecule has 56 valence electrons. The van der Waals surface area contributed by atoms with Gasteiger partial charge in [0.25, 0.3) is 0 Å². The van der Waals surface area contributed by atoms with Crippen LogP contribution in [0.15, 0.2) is 0 Å². The summed E-state index contributed by atoms with van der Waals surface area (Å²) in [5.41, 5.74) is 0. The van der Waals surface area contributed by atoms with Gasteiger partial charge in [0.1, 0.15) is 0 Å². The Kier molecular flexibility index (Phi) is 1690000. The summed E-state index contributed by atoms with van der Waals surface area (Å²) >= 11 is 0. The van der Waals surface area contributed by atoms with Gasteiger partial charge in [-0.3, -0.25) is 0 Å². The molecular formula is H11NiO6+. The van der Waals surface area contributed by atoms with Crippen LogP contribution in [-0.4, -0.2) is 32.9 Å². The SMILES string of the molecule is O.O.O.O.O.[Ni+2].[OH-]. The van der Waals surface area contributed by atoms with Crippen LogP contribution >= 0.6 is 0 Å². The minimum absolute atomic E-state index is 0. The Morgan fingerprint density at radius 1 is 0.429 bits per heavy atom. The van der Waals surface area contributed by atoms with E-state index in [4.69, 9.17) is 0 Å². The molecule has 0 rings (SSSR count). The molecule has 11 N–H and O–H groups in total. The zero-order valence-electron chi connectivity index (χ0n) is 3.26. The topological polar surface area (TPSA) is 188 Å². The van der Waals surface area contributed by atoms with E-state index in [9.17, 15) is 0 Å². The maximum Gasteiger partial charge on any atom is 2.00 e. The normalized spacial score (nSPS) is 0. The number of hydrogen-bond donors (Lipinski definition) is 0. The molecule has 0 bridgehead atoms. The van der Waals surface area contributed by atoms with Gasteiger partial charge >= 0.3 is 16.5 Å². The molecule has 7 heteroatoms. The molecule has 0 aliphatic heterocycles. The molecule has 0 spiro atoms. The smallest absolute Gasteiger partial charge is 0.870 e. The van der Waals surface area contributed by atoms with E-state index in [1.165, 1.54) is 0 Å². The van der Waals surface area contributed by atoms with E-state index >= 15 is 0 Å². The predicted molar refractivity (Wildman–Crippen MR) is 20.0 cm³/mol. The van der Waals surface area contributed by atoms with Gasteiger partial charge in [0.2, 0.25) is 0 Å². The van der Waals surface area contributed by atoms with Gasteiger partial charge in [0.15, 0.2) is 0 Å². The van der Waals surface area contributed by atoms with Gasteiger partial charge in [-0.05, 0) is 0 Å². The first-order chi connectivity index (χ1) is 0. The second-order valence-corrected chi connectivity index (χ2v) is 0. The van der Waals surface area contributed by atoms with Crippen LogP contribution in [0.2, 0.25) is 0 Å². The second kappa shape index (κ2) is 2690. The molecule has 0 saturated carbocycles. The van der Waals surface area contributed by atoms with E-state index in [1.807, 2.05) is 0 Å². The van der Waals surface area contributed by atoms with Crippen LogP contribution < -0.4 is 0 Å². The minimum atomic E-state index is 0. The third-order valence-electron chi connectivity index (χ3n) is 0. The van der Waals surface area contributed by atoms with Crippen molar-refractivity contribution in [2.24, 2.45) is 0 Å². The molecule has 7 heavy (non-hydrogen) atoms. The summed E-state index contributed by atoms with van der Waals surface area (Å²) in [6, 6.07) is 0. The van der Waals surface area contributed by atoms with Gasteiger partial charge in [-0.1, -0.05) is 0 Å². The zero-order chi connectivity index (χ0) is 0. The maximum absolute atomic E-state index is 0. The van der Waals surface area contributed by atoms with Gasteiger partial charge < -0.3 is 32.9 Å². The Balaban J connectivity index is 0. The average molecular weight is 166 g/mol. The predicted octanol–water partition coefficient (Wildman–Crippen LogP) is -4.30. The first-order valence-corrected chi connectivity index (χ1v) is 0. The van der Waals surface area contributed by atoms with E-state index in [0.29, 0.717) is 0 Å². The maximum atomic E-state index is 0. The summed E-state index contributed by atoms with van der Waals surface area (Å²) in [5.74, 6) is 0. The van der Waals surface area contributed by atoms with Crippen molar-refractivity contribution in [3.63, 3.8) is 0 Å². The first kappa shape index (κ1) is 4410. The molecule has 0 aromatic heterocycles. The Labute approximate surface area is 50.3 Å². The molecule has 0 fully saturated rings. The van der Waals surface area contributed by atoms with Crippen LogP contribution in [0, 0.1) is 0 Å². The average Bonchev–Trinajstić information content (AvgIpc) is 0. The van der Waals surface area contributed by atoms with Crippen LogP contribution in [0.3, 0.4) is 0 Å². The quantitative estimate of drug-likeness (QED) is 0.323. The third kappa shape index (κ3) is 1760. The van der Waals surface area contributed by atoms with Crippen LogP contribution in [-0.2, 0) is 16.5 Å². The van der Waals surface area contributed by atoms with E-state index < -0.39 is 0 Å². The fourth-order valence-electron chi connectivity index (χ4n) is 0. The van der Waals surface area contributed by atoms with E-state index in [-0.39, 0.29) is 49.3 Å². The summed E-state index contributed by atoms with van der Waals surface area (Å²) in [7, 11) is 0. The van der Waals surface area contributed by atoms with Gasteiger partial charge in [0, 0.05) is 0 Å². The minimum Gasteiger partial charge on any atom is -0.870 e. The van der Waals surface area contributed by atoms with Gasteiger partial charge in [-0.15, -0.1) is 0 Å². The molecule has 0 unspecified atom stereocenters. The van der Waals surface area contributed by atoms with Crippen molar-refractivity contribution in [3.8, 4) is 0 Å². The fourth-order valence-corrected chi connectivity index (χ4v) is 0. The third-order valence-corrected chi connectivity index (χ3v) is 0. The fraction of sp³-hybridized carbons (Fsp3) is 0. The van der Waals surface area contributed by atoms with Crippen LogP contribution in [0.4, 0.5) is 0 Å². The molecule has 0 amide bonds. The van der Waals surface area contributed by atoms with E-state index in [2.05, 4.69) is 0 Å². The van der Waals surface area contributed by atoms with Crippen molar-refractivity contribution < 1.29 is 49.3 Å². The summed E-state index contributed by atoms with van der Waals surface area (Å²) in [4.78, 5) is 0.